The van der Waals surface area contributed by atoms with Gasteiger partial charge in [-0.25, -0.2) is 0 Å². The van der Waals surface area contributed by atoms with E-state index in [4.69, 9.17) is 9.47 Å². The normalized spacial score (nSPS) is 11.4. The monoisotopic (exact) mass is 688 g/mol. The standard InChI is InChI=1S/C12H8N2.2C6H11O2.2BrH.Sn/c1-3-9-5-6-10-4-2-8-14-12(10)11(9)13-7-1;2*1-5(2)4-8-6(3)7;;;/h1-8H;2*5H,3-4H2,1-2H3;2*1H;/q;;;;;+2/p-2. The van der Waals surface area contributed by atoms with Crippen molar-refractivity contribution in [2.45, 2.75) is 36.6 Å². The molecule has 0 aliphatic rings. The van der Waals surface area contributed by atoms with Gasteiger partial charge in [0.25, 0.3) is 0 Å². The zero-order valence-electron chi connectivity index (χ0n) is 19.4. The molecule has 178 valence electrons. The summed E-state index contributed by atoms with van der Waals surface area (Å²) < 4.78 is 10.8. The molecule has 0 amide bonds. The Morgan fingerprint density at radius 2 is 1.18 bits per heavy atom. The number of fused-ring (bicyclic) bond motifs is 3. The number of ether oxygens (including phenoxy) is 2. The average molecular weight is 689 g/mol. The maximum Gasteiger partial charge on any atom is 0.0964 e. The fraction of sp³-hybridized carbons (Fsp3) is 0.417. The van der Waals surface area contributed by atoms with Crippen LogP contribution in [0, 0.1) is 11.8 Å². The number of carbonyl (C=O) groups is 2. The van der Waals surface area contributed by atoms with Gasteiger partial charge in [0.15, 0.2) is 0 Å². The zero-order valence-corrected chi connectivity index (χ0v) is 25.4. The smallest absolute Gasteiger partial charge is 0.0964 e. The summed E-state index contributed by atoms with van der Waals surface area (Å²) >= 11 is 3.98. The van der Waals surface area contributed by atoms with Crippen LogP contribution in [0.3, 0.4) is 0 Å². The van der Waals surface area contributed by atoms with Gasteiger partial charge in [0.2, 0.25) is 0 Å². The number of aromatic nitrogens is 2. The van der Waals surface area contributed by atoms with E-state index in [2.05, 4.69) is 59.6 Å². The molecule has 3 aromatic rings. The predicted molar refractivity (Wildman–Crippen MR) is 142 cm³/mol. The number of nitrogens with zero attached hydrogens (tertiary/aromatic N) is 2. The topological polar surface area (TPSA) is 78.4 Å². The number of esters is 2. The van der Waals surface area contributed by atoms with E-state index >= 15 is 0 Å². The van der Waals surface area contributed by atoms with E-state index in [1.807, 2.05) is 39.8 Å². The van der Waals surface area contributed by atoms with E-state index in [-0.39, 0.29) is 20.8 Å². The molecule has 2 heterocycles. The minimum absolute atomic E-state index is 0.255. The van der Waals surface area contributed by atoms with Crippen molar-refractivity contribution < 1.29 is 19.1 Å². The SMILES string of the molecule is CC(C)COC(=O)[CH2][Sn]([Br])([Br])[CH2]C(=O)OCC(C)C.c1cnc2c(c1)ccc1cccnc12. The number of carbonyl (C=O) groups excluding carboxylic acids is 2. The maximum atomic E-state index is 11.6. The molecule has 2 aromatic heterocycles. The predicted octanol–water partition coefficient (Wildman–Crippen LogP) is 6.40. The van der Waals surface area contributed by atoms with Crippen molar-refractivity contribution in [2.75, 3.05) is 13.2 Å². The van der Waals surface area contributed by atoms with Gasteiger partial charge in [-0.3, -0.25) is 9.97 Å². The first-order valence-electron chi connectivity index (χ1n) is 10.8. The summed E-state index contributed by atoms with van der Waals surface area (Å²) in [5.41, 5.74) is 1.95. The molecule has 0 saturated carbocycles. The summed E-state index contributed by atoms with van der Waals surface area (Å²) in [6.07, 6.45) is 3.60. The van der Waals surface area contributed by atoms with Crippen molar-refractivity contribution in [2.24, 2.45) is 11.8 Å². The van der Waals surface area contributed by atoms with Crippen LogP contribution < -0.4 is 0 Å². The first-order chi connectivity index (χ1) is 15.6. The summed E-state index contributed by atoms with van der Waals surface area (Å²) in [7, 11) is 0. The molecule has 0 atom stereocenters. The van der Waals surface area contributed by atoms with Gasteiger partial charge in [-0.2, -0.15) is 0 Å². The van der Waals surface area contributed by atoms with E-state index in [0.717, 1.165) is 21.8 Å². The first kappa shape index (κ1) is 28.0. The molecule has 9 heteroatoms. The molecule has 0 bridgehead atoms. The van der Waals surface area contributed by atoms with Gasteiger partial charge in [-0.15, -0.1) is 0 Å². The number of hydrogen-bond acceptors (Lipinski definition) is 6. The minimum atomic E-state index is -3.06. The van der Waals surface area contributed by atoms with E-state index in [9.17, 15) is 9.59 Å². The van der Waals surface area contributed by atoms with Crippen molar-refractivity contribution >= 4 is 73.1 Å². The Balaban J connectivity index is 0.000000241. The third kappa shape index (κ3) is 10.3. The Kier molecular flexibility index (Phi) is 11.5. The third-order valence-electron chi connectivity index (χ3n) is 4.31. The molecular weight excluding hydrogens is 659 g/mol. The second-order valence-corrected chi connectivity index (χ2v) is 43.0. The molecule has 0 aliphatic carbocycles. The van der Waals surface area contributed by atoms with Gasteiger partial charge in [0.05, 0.1) is 11.0 Å². The second kappa shape index (κ2) is 13.6. The zero-order chi connectivity index (χ0) is 24.4. The van der Waals surface area contributed by atoms with E-state index in [1.165, 1.54) is 0 Å². The molecule has 33 heavy (non-hydrogen) atoms. The van der Waals surface area contributed by atoms with Gasteiger partial charge in [0, 0.05) is 23.2 Å². The molecule has 0 radical (unpaired) electrons. The van der Waals surface area contributed by atoms with E-state index in [0.29, 0.717) is 25.0 Å². The van der Waals surface area contributed by atoms with Gasteiger partial charge in [0.1, 0.15) is 0 Å². The Hall–Kier alpha value is -1.26. The Morgan fingerprint density at radius 1 is 0.788 bits per heavy atom. The maximum absolute atomic E-state index is 11.6. The van der Waals surface area contributed by atoms with Crippen molar-refractivity contribution in [1.82, 2.24) is 9.97 Å². The first-order valence-corrected chi connectivity index (χ1v) is 27.7. The minimum Gasteiger partial charge on any atom is -0.254 e. The van der Waals surface area contributed by atoms with Gasteiger partial charge < -0.3 is 0 Å². The largest absolute Gasteiger partial charge is 0.254 e. The molecule has 1 aromatic carbocycles. The molecule has 0 saturated heterocycles. The molecule has 6 nitrogen and oxygen atoms in total. The summed E-state index contributed by atoms with van der Waals surface area (Å²) in [6.45, 7) is 8.76. The van der Waals surface area contributed by atoms with Crippen LogP contribution in [-0.2, 0) is 19.1 Å². The van der Waals surface area contributed by atoms with E-state index in [1.54, 1.807) is 12.4 Å². The van der Waals surface area contributed by atoms with Gasteiger partial charge in [-0.05, 0) is 12.1 Å². The Morgan fingerprint density at radius 3 is 1.55 bits per heavy atom. The Bertz CT molecular complexity index is 994. The molecule has 0 aliphatic heterocycles. The van der Waals surface area contributed by atoms with Crippen molar-refractivity contribution in [3.8, 4) is 0 Å². The number of hydrogen-bond donors (Lipinski definition) is 0. The Labute approximate surface area is 211 Å². The summed E-state index contributed by atoms with van der Waals surface area (Å²) in [4.78, 5) is 32.0. The molecule has 0 fully saturated rings. The van der Waals surface area contributed by atoms with Crippen LogP contribution >= 0.6 is 25.4 Å². The number of pyridine rings is 2. The van der Waals surface area contributed by atoms with Gasteiger partial charge in [-0.1, -0.05) is 24.3 Å². The molecule has 0 unspecified atom stereocenters. The third-order valence-corrected chi connectivity index (χ3v) is 16.4. The van der Waals surface area contributed by atoms with Crippen molar-refractivity contribution in [3.63, 3.8) is 0 Å². The second-order valence-electron chi connectivity index (χ2n) is 8.58. The van der Waals surface area contributed by atoms with Crippen LogP contribution in [0.25, 0.3) is 21.8 Å². The molecule has 0 N–H and O–H groups in total. The van der Waals surface area contributed by atoms with Gasteiger partial charge >= 0.3 is 132 Å². The fourth-order valence-corrected chi connectivity index (χ4v) is 12.3. The average Bonchev–Trinajstić information content (AvgIpc) is 2.76. The van der Waals surface area contributed by atoms with Crippen LogP contribution in [0.5, 0.6) is 0 Å². The van der Waals surface area contributed by atoms with Crippen LogP contribution in [0.4, 0.5) is 0 Å². The van der Waals surface area contributed by atoms with Crippen LogP contribution in [-0.4, -0.2) is 49.1 Å². The van der Waals surface area contributed by atoms with Crippen LogP contribution in [0.15, 0.2) is 48.8 Å². The fourth-order valence-electron chi connectivity index (χ4n) is 2.79. The number of benzene rings is 1. The molecule has 0 spiro atoms. The van der Waals surface area contributed by atoms with Crippen LogP contribution in [0.1, 0.15) is 27.7 Å². The number of halogens is 2. The van der Waals surface area contributed by atoms with E-state index < -0.39 is 13.9 Å². The quantitative estimate of drug-likeness (QED) is 0.155. The van der Waals surface area contributed by atoms with Crippen LogP contribution in [0.2, 0.25) is 8.87 Å². The summed E-state index contributed by atoms with van der Waals surface area (Å²) in [5, 5.41) is 2.28. The number of rotatable bonds is 8. The summed E-state index contributed by atoms with van der Waals surface area (Å²) in [6, 6.07) is 12.1. The van der Waals surface area contributed by atoms with Crippen molar-refractivity contribution in [1.29, 1.82) is 0 Å². The van der Waals surface area contributed by atoms with Crippen molar-refractivity contribution in [3.05, 3.63) is 48.8 Å². The summed E-state index contributed by atoms with van der Waals surface area (Å²) in [5.74, 6) is 0.121. The molecular formula is C24H30Br2N2O4Sn. The molecule has 3 rings (SSSR count).